The Morgan fingerprint density at radius 3 is 2.81 bits per heavy atom. The van der Waals surface area contributed by atoms with Crippen LogP contribution in [-0.2, 0) is 13.0 Å². The molecule has 0 saturated carbocycles. The molecule has 3 heterocycles. The summed E-state index contributed by atoms with van der Waals surface area (Å²) in [5.41, 5.74) is 4.68. The Morgan fingerprint density at radius 2 is 2.00 bits per heavy atom. The summed E-state index contributed by atoms with van der Waals surface area (Å²) >= 11 is 0. The molecule has 2 N–H and O–H groups in total. The fourth-order valence-electron chi connectivity index (χ4n) is 3.53. The summed E-state index contributed by atoms with van der Waals surface area (Å²) in [6.45, 7) is 4.81. The van der Waals surface area contributed by atoms with Crippen LogP contribution in [0.5, 0.6) is 0 Å². The van der Waals surface area contributed by atoms with Gasteiger partial charge in [0.2, 0.25) is 0 Å². The van der Waals surface area contributed by atoms with Gasteiger partial charge in [-0.2, -0.15) is 5.10 Å². The number of nitrogens with zero attached hydrogens (tertiary/aromatic N) is 3. The van der Waals surface area contributed by atoms with Crippen molar-refractivity contribution < 1.29 is 4.79 Å². The van der Waals surface area contributed by atoms with Crippen molar-refractivity contribution in [1.82, 2.24) is 25.4 Å². The Hall–Kier alpha value is -2.99. The third-order valence-electron chi connectivity index (χ3n) is 4.87. The maximum atomic E-state index is 12.5. The zero-order valence-corrected chi connectivity index (χ0v) is 15.4. The van der Waals surface area contributed by atoms with Crippen LogP contribution < -0.4 is 5.32 Å². The van der Waals surface area contributed by atoms with Crippen molar-refractivity contribution in [1.29, 1.82) is 0 Å². The first-order valence-corrected chi connectivity index (χ1v) is 9.26. The highest BCUT2D eigenvalue weighted by Crippen LogP contribution is 2.18. The number of carbonyl (C=O) groups is 1. The number of hydrogen-bond acceptors (Lipinski definition) is 4. The smallest absolute Gasteiger partial charge is 0.269 e. The highest BCUT2D eigenvalue weighted by atomic mass is 16.2. The van der Waals surface area contributed by atoms with Gasteiger partial charge in [-0.05, 0) is 42.7 Å². The van der Waals surface area contributed by atoms with Gasteiger partial charge in [-0.25, -0.2) is 0 Å². The highest BCUT2D eigenvalue weighted by molar-refractivity contribution is 5.93. The maximum Gasteiger partial charge on any atom is 0.269 e. The summed E-state index contributed by atoms with van der Waals surface area (Å²) < 4.78 is 0. The normalized spacial score (nSPS) is 15.1. The third kappa shape index (κ3) is 4.06. The monoisotopic (exact) mass is 361 g/mol. The van der Waals surface area contributed by atoms with Crippen LogP contribution in [0, 0.1) is 0 Å². The summed E-state index contributed by atoms with van der Waals surface area (Å²) in [5.74, 6) is -0.144. The Balaban J connectivity index is 1.34. The molecule has 1 amide bonds. The minimum Gasteiger partial charge on any atom is -0.347 e. The van der Waals surface area contributed by atoms with E-state index in [0.29, 0.717) is 11.4 Å². The first kappa shape index (κ1) is 17.4. The fourth-order valence-corrected chi connectivity index (χ4v) is 3.53. The molecule has 1 aliphatic rings. The van der Waals surface area contributed by atoms with Crippen LogP contribution in [0.1, 0.15) is 28.5 Å². The Bertz CT molecular complexity index is 921. The van der Waals surface area contributed by atoms with E-state index in [1.165, 1.54) is 11.1 Å². The number of pyridine rings is 1. The van der Waals surface area contributed by atoms with Gasteiger partial charge < -0.3 is 5.32 Å². The van der Waals surface area contributed by atoms with Gasteiger partial charge >= 0.3 is 0 Å². The number of benzene rings is 1. The van der Waals surface area contributed by atoms with E-state index >= 15 is 0 Å². The Morgan fingerprint density at radius 1 is 1.19 bits per heavy atom. The van der Waals surface area contributed by atoms with Crippen molar-refractivity contribution in [2.45, 2.75) is 25.9 Å². The SMILES string of the molecule is C[C@@H](CN1CCc2ccccc2C1)NC(=O)c1cc(-c2ccccn2)n[nH]1. The second-order valence-electron chi connectivity index (χ2n) is 7.01. The van der Waals surface area contributed by atoms with Crippen molar-refractivity contribution in [3.63, 3.8) is 0 Å². The largest absolute Gasteiger partial charge is 0.347 e. The summed E-state index contributed by atoms with van der Waals surface area (Å²) in [4.78, 5) is 19.2. The van der Waals surface area contributed by atoms with Crippen molar-refractivity contribution in [3.8, 4) is 11.4 Å². The highest BCUT2D eigenvalue weighted by Gasteiger charge is 2.19. The number of hydrogen-bond donors (Lipinski definition) is 2. The van der Waals surface area contributed by atoms with E-state index in [1.807, 2.05) is 25.1 Å². The summed E-state index contributed by atoms with van der Waals surface area (Å²) in [5, 5.41) is 10.1. The average Bonchev–Trinajstić information content (AvgIpc) is 3.19. The molecule has 27 heavy (non-hydrogen) atoms. The van der Waals surface area contributed by atoms with Crippen molar-refractivity contribution in [2.75, 3.05) is 13.1 Å². The fraction of sp³-hybridized carbons (Fsp3) is 0.286. The van der Waals surface area contributed by atoms with Gasteiger partial charge in [0.05, 0.1) is 5.69 Å². The summed E-state index contributed by atoms with van der Waals surface area (Å²) in [6, 6.07) is 16.0. The zero-order chi connectivity index (χ0) is 18.6. The van der Waals surface area contributed by atoms with Gasteiger partial charge in [0, 0.05) is 31.9 Å². The van der Waals surface area contributed by atoms with Gasteiger partial charge in [-0.1, -0.05) is 30.3 Å². The summed E-state index contributed by atoms with van der Waals surface area (Å²) in [6.07, 6.45) is 2.77. The molecule has 6 heteroatoms. The molecule has 3 aromatic rings. The second kappa shape index (κ2) is 7.72. The molecule has 4 rings (SSSR count). The van der Waals surface area contributed by atoms with Crippen LogP contribution in [0.25, 0.3) is 11.4 Å². The molecule has 6 nitrogen and oxygen atoms in total. The van der Waals surface area contributed by atoms with E-state index in [0.717, 1.165) is 31.7 Å². The van der Waals surface area contributed by atoms with E-state index in [4.69, 9.17) is 0 Å². The molecule has 0 spiro atoms. The minimum atomic E-state index is -0.144. The minimum absolute atomic E-state index is 0.0457. The average molecular weight is 361 g/mol. The van der Waals surface area contributed by atoms with E-state index in [2.05, 4.69) is 49.7 Å². The molecule has 0 saturated heterocycles. The van der Waals surface area contributed by atoms with E-state index < -0.39 is 0 Å². The van der Waals surface area contributed by atoms with Gasteiger partial charge in [0.15, 0.2) is 0 Å². The number of aromatic amines is 1. The number of fused-ring (bicyclic) bond motifs is 1. The van der Waals surface area contributed by atoms with Gasteiger partial charge in [0.25, 0.3) is 5.91 Å². The van der Waals surface area contributed by atoms with Crippen LogP contribution in [0.2, 0.25) is 0 Å². The number of rotatable bonds is 5. The van der Waals surface area contributed by atoms with Crippen LogP contribution in [-0.4, -0.2) is 45.1 Å². The van der Waals surface area contributed by atoms with Gasteiger partial charge in [0.1, 0.15) is 11.4 Å². The molecular weight excluding hydrogens is 338 g/mol. The number of nitrogens with one attached hydrogen (secondary N) is 2. The lowest BCUT2D eigenvalue weighted by molar-refractivity contribution is 0.0922. The number of amides is 1. The Kier molecular flexibility index (Phi) is 4.98. The standard InChI is InChI=1S/C21H23N5O/c1-15(13-26-11-9-16-6-2-3-7-17(16)14-26)23-21(27)20-12-19(24-25-20)18-8-4-5-10-22-18/h2-8,10,12,15H,9,11,13-14H2,1H3,(H,23,27)(H,24,25)/t15-/m0/s1. The summed E-state index contributed by atoms with van der Waals surface area (Å²) in [7, 11) is 0. The van der Waals surface area contributed by atoms with E-state index in [1.54, 1.807) is 12.3 Å². The van der Waals surface area contributed by atoms with Crippen molar-refractivity contribution >= 4 is 5.91 Å². The molecule has 0 radical (unpaired) electrons. The van der Waals surface area contributed by atoms with Crippen LogP contribution in [0.15, 0.2) is 54.7 Å². The molecule has 0 fully saturated rings. The maximum absolute atomic E-state index is 12.5. The molecular formula is C21H23N5O. The first-order valence-electron chi connectivity index (χ1n) is 9.26. The predicted octanol–water partition coefficient (Wildman–Crippen LogP) is 2.65. The molecule has 1 aromatic carbocycles. The molecule has 138 valence electrons. The second-order valence-corrected chi connectivity index (χ2v) is 7.01. The lowest BCUT2D eigenvalue weighted by Gasteiger charge is -2.31. The van der Waals surface area contributed by atoms with Crippen LogP contribution in [0.3, 0.4) is 0 Å². The zero-order valence-electron chi connectivity index (χ0n) is 15.4. The van der Waals surface area contributed by atoms with Gasteiger partial charge in [-0.3, -0.25) is 19.8 Å². The lowest BCUT2D eigenvalue weighted by atomic mass is 10.00. The quantitative estimate of drug-likeness (QED) is 0.733. The van der Waals surface area contributed by atoms with E-state index in [9.17, 15) is 4.79 Å². The van der Waals surface area contributed by atoms with E-state index in [-0.39, 0.29) is 11.9 Å². The molecule has 0 unspecified atom stereocenters. The molecule has 1 atom stereocenters. The van der Waals surface area contributed by atoms with Crippen molar-refractivity contribution in [2.24, 2.45) is 0 Å². The Labute approximate surface area is 158 Å². The molecule has 1 aliphatic heterocycles. The molecule has 0 aliphatic carbocycles. The molecule has 0 bridgehead atoms. The van der Waals surface area contributed by atoms with Gasteiger partial charge in [-0.15, -0.1) is 0 Å². The topological polar surface area (TPSA) is 73.9 Å². The third-order valence-corrected chi connectivity index (χ3v) is 4.87. The molecule has 2 aromatic heterocycles. The number of carbonyl (C=O) groups excluding carboxylic acids is 1. The number of H-pyrrole nitrogens is 1. The number of aromatic nitrogens is 3. The van der Waals surface area contributed by atoms with Crippen LogP contribution >= 0.6 is 0 Å². The van der Waals surface area contributed by atoms with Crippen LogP contribution in [0.4, 0.5) is 0 Å². The first-order chi connectivity index (χ1) is 13.2. The lowest BCUT2D eigenvalue weighted by Crippen LogP contribution is -2.43. The predicted molar refractivity (Wildman–Crippen MR) is 104 cm³/mol. The van der Waals surface area contributed by atoms with Crippen molar-refractivity contribution in [3.05, 3.63) is 71.5 Å².